The van der Waals surface area contributed by atoms with Gasteiger partial charge in [0.1, 0.15) is 0 Å². The number of hydrogen-bond donors (Lipinski definition) is 0. The molecule has 0 radical (unpaired) electrons. The summed E-state index contributed by atoms with van der Waals surface area (Å²) in [6, 6.07) is 8.55. The molecular formula is C15H18ClIN2. The maximum atomic E-state index is 6.38. The molecule has 2 nitrogen and oxygen atoms in total. The molecule has 0 saturated carbocycles. The lowest BCUT2D eigenvalue weighted by atomic mass is 10.1. The van der Waals surface area contributed by atoms with Crippen LogP contribution in [0.1, 0.15) is 41.2 Å². The topological polar surface area (TPSA) is 17.8 Å². The Hall–Kier alpha value is -0.550. The first-order valence-electron chi connectivity index (χ1n) is 6.45. The van der Waals surface area contributed by atoms with Gasteiger partial charge in [0.25, 0.3) is 0 Å². The van der Waals surface area contributed by atoms with Crippen LogP contribution in [-0.4, -0.2) is 9.78 Å². The van der Waals surface area contributed by atoms with E-state index in [0.717, 1.165) is 18.7 Å². The first-order chi connectivity index (χ1) is 9.02. The Bertz CT molecular complexity index is 560. The third kappa shape index (κ3) is 3.31. The smallest absolute Gasteiger partial charge is 0.0662 e. The zero-order valence-corrected chi connectivity index (χ0v) is 14.4. The predicted molar refractivity (Wildman–Crippen MR) is 88.8 cm³/mol. The lowest BCUT2D eigenvalue weighted by Gasteiger charge is -2.08. The Morgan fingerprint density at radius 3 is 2.47 bits per heavy atom. The number of rotatable bonds is 4. The summed E-state index contributed by atoms with van der Waals surface area (Å²) in [5.74, 6) is 0. The fourth-order valence-electron chi connectivity index (χ4n) is 2.28. The van der Waals surface area contributed by atoms with Gasteiger partial charge in [-0.15, -0.1) is 11.6 Å². The average Bonchev–Trinajstić information content (AvgIpc) is 2.66. The largest absolute Gasteiger partial charge is 0.265 e. The molecule has 4 heteroatoms. The predicted octanol–water partition coefficient (Wildman–Crippen LogP) is 4.84. The maximum Gasteiger partial charge on any atom is 0.0662 e. The second kappa shape index (κ2) is 6.27. The average molecular weight is 389 g/mol. The molecule has 0 fully saturated rings. The van der Waals surface area contributed by atoms with Crippen molar-refractivity contribution in [2.24, 2.45) is 0 Å². The fourth-order valence-corrected chi connectivity index (χ4v) is 2.96. The van der Waals surface area contributed by atoms with E-state index in [0.29, 0.717) is 0 Å². The van der Waals surface area contributed by atoms with E-state index in [1.54, 1.807) is 0 Å². The summed E-state index contributed by atoms with van der Waals surface area (Å²) in [4.78, 5) is 0. The minimum absolute atomic E-state index is 0.0606. The number of nitrogens with zero attached hydrogens (tertiary/aromatic N) is 2. The standard InChI is InChI=1S/C15H18ClIN2/c1-4-14(16)15-10(2)18-19(11(15)3)9-12-5-7-13(17)8-6-12/h5-8,14H,4,9H2,1-3H3. The third-order valence-corrected chi connectivity index (χ3v) is 4.60. The van der Waals surface area contributed by atoms with E-state index in [1.807, 2.05) is 6.92 Å². The monoisotopic (exact) mass is 388 g/mol. The van der Waals surface area contributed by atoms with Crippen LogP contribution in [0, 0.1) is 17.4 Å². The van der Waals surface area contributed by atoms with Crippen molar-refractivity contribution in [2.45, 2.75) is 39.1 Å². The van der Waals surface area contributed by atoms with Gasteiger partial charge in [-0.1, -0.05) is 19.1 Å². The van der Waals surface area contributed by atoms with E-state index in [1.165, 1.54) is 20.4 Å². The van der Waals surface area contributed by atoms with Gasteiger partial charge < -0.3 is 0 Å². The Labute approximate surface area is 133 Å². The van der Waals surface area contributed by atoms with Crippen molar-refractivity contribution in [1.82, 2.24) is 9.78 Å². The molecule has 1 heterocycles. The third-order valence-electron chi connectivity index (χ3n) is 3.35. The minimum atomic E-state index is 0.0606. The molecule has 0 aliphatic carbocycles. The van der Waals surface area contributed by atoms with Gasteiger partial charge in [0.2, 0.25) is 0 Å². The van der Waals surface area contributed by atoms with Crippen LogP contribution in [0.5, 0.6) is 0 Å². The van der Waals surface area contributed by atoms with Crippen molar-refractivity contribution in [3.8, 4) is 0 Å². The molecule has 0 bridgehead atoms. The highest BCUT2D eigenvalue weighted by atomic mass is 127. The molecule has 0 aliphatic heterocycles. The number of benzene rings is 1. The molecule has 0 amide bonds. The molecule has 1 atom stereocenters. The van der Waals surface area contributed by atoms with E-state index in [2.05, 4.69) is 70.5 Å². The summed E-state index contributed by atoms with van der Waals surface area (Å²) in [7, 11) is 0. The molecule has 102 valence electrons. The van der Waals surface area contributed by atoms with E-state index in [4.69, 9.17) is 11.6 Å². The molecule has 1 aromatic heterocycles. The van der Waals surface area contributed by atoms with E-state index in [-0.39, 0.29) is 5.38 Å². The Balaban J connectivity index is 2.29. The first kappa shape index (κ1) is 14.9. The van der Waals surface area contributed by atoms with Crippen LogP contribution in [0.2, 0.25) is 0 Å². The highest BCUT2D eigenvalue weighted by Crippen LogP contribution is 2.29. The first-order valence-corrected chi connectivity index (χ1v) is 7.96. The van der Waals surface area contributed by atoms with Crippen molar-refractivity contribution in [1.29, 1.82) is 0 Å². The summed E-state index contributed by atoms with van der Waals surface area (Å²) >= 11 is 8.70. The number of aromatic nitrogens is 2. The number of alkyl halides is 1. The summed E-state index contributed by atoms with van der Waals surface area (Å²) in [6.45, 7) is 7.05. The summed E-state index contributed by atoms with van der Waals surface area (Å²) in [5, 5.41) is 4.69. The van der Waals surface area contributed by atoms with Crippen LogP contribution < -0.4 is 0 Å². The van der Waals surface area contributed by atoms with Crippen LogP contribution in [0.25, 0.3) is 0 Å². The molecule has 0 spiro atoms. The minimum Gasteiger partial charge on any atom is -0.265 e. The van der Waals surface area contributed by atoms with Crippen LogP contribution in [0.3, 0.4) is 0 Å². The summed E-state index contributed by atoms with van der Waals surface area (Å²) in [5.41, 5.74) is 4.68. The van der Waals surface area contributed by atoms with Gasteiger partial charge in [-0.25, -0.2) is 0 Å². The molecule has 19 heavy (non-hydrogen) atoms. The molecule has 0 saturated heterocycles. The Morgan fingerprint density at radius 1 is 1.26 bits per heavy atom. The van der Waals surface area contributed by atoms with E-state index < -0.39 is 0 Å². The zero-order chi connectivity index (χ0) is 14.0. The van der Waals surface area contributed by atoms with Crippen molar-refractivity contribution in [3.63, 3.8) is 0 Å². The van der Waals surface area contributed by atoms with Crippen LogP contribution in [-0.2, 0) is 6.54 Å². The van der Waals surface area contributed by atoms with Crippen molar-refractivity contribution >= 4 is 34.2 Å². The van der Waals surface area contributed by atoms with Gasteiger partial charge in [0, 0.05) is 14.8 Å². The molecule has 0 aliphatic rings. The summed E-state index contributed by atoms with van der Waals surface area (Å²) in [6.07, 6.45) is 0.929. The highest BCUT2D eigenvalue weighted by Gasteiger charge is 2.17. The lowest BCUT2D eigenvalue weighted by molar-refractivity contribution is 0.657. The van der Waals surface area contributed by atoms with Gasteiger partial charge in [-0.3, -0.25) is 4.68 Å². The molecule has 2 aromatic rings. The van der Waals surface area contributed by atoms with Gasteiger partial charge in [0.05, 0.1) is 17.6 Å². The van der Waals surface area contributed by atoms with Crippen LogP contribution in [0.4, 0.5) is 0 Å². The van der Waals surface area contributed by atoms with Crippen LogP contribution >= 0.6 is 34.2 Å². The quantitative estimate of drug-likeness (QED) is 0.541. The lowest BCUT2D eigenvalue weighted by Crippen LogP contribution is -2.04. The van der Waals surface area contributed by atoms with Gasteiger partial charge in [0.15, 0.2) is 0 Å². The Morgan fingerprint density at radius 2 is 1.89 bits per heavy atom. The van der Waals surface area contributed by atoms with E-state index >= 15 is 0 Å². The molecule has 2 rings (SSSR count). The molecular weight excluding hydrogens is 371 g/mol. The summed E-state index contributed by atoms with van der Waals surface area (Å²) < 4.78 is 3.31. The van der Waals surface area contributed by atoms with Gasteiger partial charge >= 0.3 is 0 Å². The molecule has 1 unspecified atom stereocenters. The van der Waals surface area contributed by atoms with Crippen molar-refractivity contribution < 1.29 is 0 Å². The van der Waals surface area contributed by atoms with Crippen molar-refractivity contribution in [2.75, 3.05) is 0 Å². The number of hydrogen-bond acceptors (Lipinski definition) is 1. The zero-order valence-electron chi connectivity index (χ0n) is 11.5. The van der Waals surface area contributed by atoms with Crippen LogP contribution in [0.15, 0.2) is 24.3 Å². The normalized spacial score (nSPS) is 12.7. The number of halogens is 2. The second-order valence-electron chi connectivity index (χ2n) is 4.74. The number of aryl methyl sites for hydroxylation is 1. The van der Waals surface area contributed by atoms with E-state index in [9.17, 15) is 0 Å². The van der Waals surface area contributed by atoms with Gasteiger partial charge in [-0.05, 0) is 60.6 Å². The highest BCUT2D eigenvalue weighted by molar-refractivity contribution is 14.1. The molecule has 0 N–H and O–H groups in total. The van der Waals surface area contributed by atoms with Gasteiger partial charge in [-0.2, -0.15) is 5.10 Å². The fraction of sp³-hybridized carbons (Fsp3) is 0.400. The Kier molecular flexibility index (Phi) is 4.90. The second-order valence-corrected chi connectivity index (χ2v) is 6.52. The molecule has 1 aromatic carbocycles. The van der Waals surface area contributed by atoms with Crippen molar-refractivity contribution in [3.05, 3.63) is 50.4 Å². The maximum absolute atomic E-state index is 6.38. The SMILES string of the molecule is CCC(Cl)c1c(C)nn(Cc2ccc(I)cc2)c1C.